The van der Waals surface area contributed by atoms with Crippen molar-refractivity contribution in [3.8, 4) is 0 Å². The molecule has 76 valence electrons. The van der Waals surface area contributed by atoms with Gasteiger partial charge in [-0.05, 0) is 12.1 Å². The van der Waals surface area contributed by atoms with Crippen LogP contribution in [-0.4, -0.2) is 30.3 Å². The van der Waals surface area contributed by atoms with Gasteiger partial charge in [-0.3, -0.25) is 10.1 Å². The number of carbonyl (C=O) groups is 1. The summed E-state index contributed by atoms with van der Waals surface area (Å²) in [4.78, 5) is 10.6. The standard InChI is InChI=1S/C9H11NO4/c11-9(12)6-5-14-8(4-10-6)7-2-1-3-13-7/h1-3,6,8,10H,4-5H2,(H,11,12). The SMILES string of the molecule is O=C(O)C1COC(c2ccco2)CN1. The van der Waals surface area contributed by atoms with Gasteiger partial charge in [0.2, 0.25) is 0 Å². The molecule has 2 N–H and O–H groups in total. The minimum Gasteiger partial charge on any atom is -0.480 e. The Morgan fingerprint density at radius 2 is 2.50 bits per heavy atom. The van der Waals surface area contributed by atoms with Crippen molar-refractivity contribution in [2.45, 2.75) is 12.1 Å². The van der Waals surface area contributed by atoms with Crippen LogP contribution in [0, 0.1) is 0 Å². The first-order valence-corrected chi connectivity index (χ1v) is 4.38. The third kappa shape index (κ3) is 1.78. The van der Waals surface area contributed by atoms with E-state index in [9.17, 15) is 4.79 Å². The number of carboxylic acids is 1. The smallest absolute Gasteiger partial charge is 0.323 e. The minimum atomic E-state index is -0.886. The van der Waals surface area contributed by atoms with Crippen LogP contribution in [-0.2, 0) is 9.53 Å². The maximum Gasteiger partial charge on any atom is 0.323 e. The number of furan rings is 1. The molecule has 0 spiro atoms. The van der Waals surface area contributed by atoms with Gasteiger partial charge in [-0.25, -0.2) is 0 Å². The number of ether oxygens (including phenoxy) is 1. The van der Waals surface area contributed by atoms with Crippen molar-refractivity contribution in [2.75, 3.05) is 13.2 Å². The fourth-order valence-corrected chi connectivity index (χ4v) is 1.40. The third-order valence-electron chi connectivity index (χ3n) is 2.17. The van der Waals surface area contributed by atoms with Crippen LogP contribution in [0.15, 0.2) is 22.8 Å². The Morgan fingerprint density at radius 3 is 3.00 bits per heavy atom. The lowest BCUT2D eigenvalue weighted by Crippen LogP contribution is -2.47. The van der Waals surface area contributed by atoms with Gasteiger partial charge in [0.1, 0.15) is 17.9 Å². The number of morpholine rings is 1. The molecule has 1 saturated heterocycles. The van der Waals surface area contributed by atoms with Crippen molar-refractivity contribution in [2.24, 2.45) is 0 Å². The molecule has 0 saturated carbocycles. The average Bonchev–Trinajstić information content (AvgIpc) is 2.71. The molecule has 2 atom stereocenters. The summed E-state index contributed by atoms with van der Waals surface area (Å²) in [6, 6.07) is 2.98. The van der Waals surface area contributed by atoms with Crippen molar-refractivity contribution in [1.29, 1.82) is 0 Å². The highest BCUT2D eigenvalue weighted by Crippen LogP contribution is 2.20. The van der Waals surface area contributed by atoms with Gasteiger partial charge in [0, 0.05) is 6.54 Å². The summed E-state index contributed by atoms with van der Waals surface area (Å²) in [5, 5.41) is 11.6. The Morgan fingerprint density at radius 1 is 1.64 bits per heavy atom. The zero-order valence-corrected chi connectivity index (χ0v) is 7.47. The molecule has 5 heteroatoms. The van der Waals surface area contributed by atoms with E-state index in [2.05, 4.69) is 5.32 Å². The van der Waals surface area contributed by atoms with Gasteiger partial charge in [0.25, 0.3) is 0 Å². The molecular formula is C9H11NO4. The predicted molar refractivity (Wildman–Crippen MR) is 46.8 cm³/mol. The molecule has 2 heterocycles. The fourth-order valence-electron chi connectivity index (χ4n) is 1.40. The second-order valence-electron chi connectivity index (χ2n) is 3.14. The van der Waals surface area contributed by atoms with E-state index in [0.717, 1.165) is 5.76 Å². The molecule has 2 rings (SSSR count). The van der Waals surface area contributed by atoms with Crippen LogP contribution >= 0.6 is 0 Å². The zero-order valence-electron chi connectivity index (χ0n) is 7.47. The van der Waals surface area contributed by atoms with E-state index in [1.54, 1.807) is 12.3 Å². The Bertz CT molecular complexity index is 301. The zero-order chi connectivity index (χ0) is 9.97. The van der Waals surface area contributed by atoms with Crippen LogP contribution in [0.4, 0.5) is 0 Å². The fraction of sp³-hybridized carbons (Fsp3) is 0.444. The number of carboxylic acid groups (broad SMARTS) is 1. The van der Waals surface area contributed by atoms with E-state index in [1.165, 1.54) is 0 Å². The molecule has 0 bridgehead atoms. The molecule has 0 aromatic carbocycles. The van der Waals surface area contributed by atoms with Crippen molar-refractivity contribution in [3.63, 3.8) is 0 Å². The van der Waals surface area contributed by atoms with Gasteiger partial charge in [-0.1, -0.05) is 0 Å². The normalized spacial score (nSPS) is 27.4. The highest BCUT2D eigenvalue weighted by atomic mass is 16.5. The van der Waals surface area contributed by atoms with Crippen molar-refractivity contribution >= 4 is 5.97 Å². The first kappa shape index (κ1) is 9.23. The Labute approximate surface area is 80.7 Å². The Balaban J connectivity index is 1.93. The molecule has 0 amide bonds. The number of nitrogens with one attached hydrogen (secondary N) is 1. The second kappa shape index (κ2) is 3.81. The van der Waals surface area contributed by atoms with Crippen LogP contribution < -0.4 is 5.32 Å². The largest absolute Gasteiger partial charge is 0.480 e. The van der Waals surface area contributed by atoms with Crippen LogP contribution in [0.3, 0.4) is 0 Å². The summed E-state index contributed by atoms with van der Waals surface area (Å²) in [5.41, 5.74) is 0. The maximum absolute atomic E-state index is 10.6. The maximum atomic E-state index is 10.6. The molecule has 0 radical (unpaired) electrons. The van der Waals surface area contributed by atoms with Crippen molar-refractivity contribution < 1.29 is 19.1 Å². The van der Waals surface area contributed by atoms with Gasteiger partial charge < -0.3 is 14.3 Å². The van der Waals surface area contributed by atoms with Crippen LogP contribution in [0.2, 0.25) is 0 Å². The van der Waals surface area contributed by atoms with E-state index < -0.39 is 12.0 Å². The summed E-state index contributed by atoms with van der Waals surface area (Å²) < 4.78 is 10.5. The molecule has 1 aliphatic heterocycles. The number of aliphatic carboxylic acids is 1. The number of hydrogen-bond acceptors (Lipinski definition) is 4. The highest BCUT2D eigenvalue weighted by molar-refractivity contribution is 5.73. The Hall–Kier alpha value is -1.33. The predicted octanol–water partition coefficient (Wildman–Crippen LogP) is 0.394. The monoisotopic (exact) mass is 197 g/mol. The molecular weight excluding hydrogens is 186 g/mol. The lowest BCUT2D eigenvalue weighted by Gasteiger charge is -2.26. The van der Waals surface area contributed by atoms with Crippen molar-refractivity contribution in [1.82, 2.24) is 5.32 Å². The molecule has 2 unspecified atom stereocenters. The van der Waals surface area contributed by atoms with E-state index in [-0.39, 0.29) is 12.7 Å². The van der Waals surface area contributed by atoms with Gasteiger partial charge in [-0.15, -0.1) is 0 Å². The van der Waals surface area contributed by atoms with E-state index >= 15 is 0 Å². The molecule has 14 heavy (non-hydrogen) atoms. The summed E-state index contributed by atoms with van der Waals surface area (Å²) in [6.07, 6.45) is 1.39. The summed E-state index contributed by atoms with van der Waals surface area (Å²) in [5.74, 6) is -0.163. The molecule has 1 aliphatic rings. The quantitative estimate of drug-likeness (QED) is 0.717. The van der Waals surface area contributed by atoms with Crippen LogP contribution in [0.5, 0.6) is 0 Å². The van der Waals surface area contributed by atoms with Gasteiger partial charge in [0.15, 0.2) is 0 Å². The first-order valence-electron chi connectivity index (χ1n) is 4.38. The third-order valence-corrected chi connectivity index (χ3v) is 2.17. The van der Waals surface area contributed by atoms with E-state index in [1.807, 2.05) is 6.07 Å². The lowest BCUT2D eigenvalue weighted by atomic mass is 10.2. The highest BCUT2D eigenvalue weighted by Gasteiger charge is 2.27. The molecule has 0 aliphatic carbocycles. The molecule has 1 aromatic heterocycles. The van der Waals surface area contributed by atoms with Crippen molar-refractivity contribution in [3.05, 3.63) is 24.2 Å². The molecule has 1 aromatic rings. The second-order valence-corrected chi connectivity index (χ2v) is 3.14. The summed E-state index contributed by atoms with van der Waals surface area (Å²) in [6.45, 7) is 0.630. The minimum absolute atomic E-state index is 0.167. The van der Waals surface area contributed by atoms with Gasteiger partial charge in [-0.2, -0.15) is 0 Å². The van der Waals surface area contributed by atoms with Crippen LogP contribution in [0.25, 0.3) is 0 Å². The lowest BCUT2D eigenvalue weighted by molar-refractivity contribution is -0.144. The van der Waals surface area contributed by atoms with Gasteiger partial charge in [0.05, 0.1) is 12.9 Å². The van der Waals surface area contributed by atoms with E-state index in [0.29, 0.717) is 6.54 Å². The molecule has 1 fully saturated rings. The summed E-state index contributed by atoms with van der Waals surface area (Å²) in [7, 11) is 0. The first-order chi connectivity index (χ1) is 6.77. The number of hydrogen-bond donors (Lipinski definition) is 2. The van der Waals surface area contributed by atoms with Gasteiger partial charge >= 0.3 is 5.97 Å². The Kier molecular flexibility index (Phi) is 2.51. The van der Waals surface area contributed by atoms with E-state index in [4.69, 9.17) is 14.3 Å². The average molecular weight is 197 g/mol. The molecule has 5 nitrogen and oxygen atoms in total. The van der Waals surface area contributed by atoms with Crippen LogP contribution in [0.1, 0.15) is 11.9 Å². The number of rotatable bonds is 2. The topological polar surface area (TPSA) is 71.7 Å². The summed E-state index contributed by atoms with van der Waals surface area (Å²) >= 11 is 0.